The standard InChI is InChI=1S/C14H20N6O2/c1-9(2)12-16-17-13(22-12)10-4-6-20(7-5-10)14(21)11-8-19(3)18-15-11/h8-10H,4-7H2,1-3H3. The van der Waals surface area contributed by atoms with Gasteiger partial charge in [0.15, 0.2) is 5.69 Å². The Hall–Kier alpha value is -2.25. The molecule has 1 amide bonds. The maximum Gasteiger partial charge on any atom is 0.276 e. The van der Waals surface area contributed by atoms with Gasteiger partial charge in [0.25, 0.3) is 5.91 Å². The van der Waals surface area contributed by atoms with Crippen molar-refractivity contribution in [3.05, 3.63) is 23.7 Å². The number of carbonyl (C=O) groups excluding carboxylic acids is 1. The van der Waals surface area contributed by atoms with Crippen LogP contribution in [-0.2, 0) is 7.05 Å². The first-order valence-corrected chi connectivity index (χ1v) is 7.53. The van der Waals surface area contributed by atoms with Crippen molar-refractivity contribution >= 4 is 5.91 Å². The third kappa shape index (κ3) is 2.86. The summed E-state index contributed by atoms with van der Waals surface area (Å²) >= 11 is 0. The number of hydrogen-bond acceptors (Lipinski definition) is 6. The van der Waals surface area contributed by atoms with Crippen LogP contribution in [-0.4, -0.2) is 49.1 Å². The maximum absolute atomic E-state index is 12.3. The van der Waals surface area contributed by atoms with E-state index < -0.39 is 0 Å². The molecule has 1 saturated heterocycles. The molecular weight excluding hydrogens is 284 g/mol. The SMILES string of the molecule is CC(C)c1nnc(C2CCN(C(=O)c3cn(C)nn3)CC2)o1. The molecule has 0 unspecified atom stereocenters. The van der Waals surface area contributed by atoms with Crippen molar-refractivity contribution in [3.8, 4) is 0 Å². The van der Waals surface area contributed by atoms with Crippen LogP contribution >= 0.6 is 0 Å². The van der Waals surface area contributed by atoms with Gasteiger partial charge < -0.3 is 9.32 Å². The predicted octanol–water partition coefficient (Wildman–Crippen LogP) is 1.34. The summed E-state index contributed by atoms with van der Waals surface area (Å²) in [4.78, 5) is 14.1. The largest absolute Gasteiger partial charge is 0.425 e. The molecule has 1 aliphatic heterocycles. The van der Waals surface area contributed by atoms with E-state index in [-0.39, 0.29) is 17.7 Å². The number of rotatable bonds is 3. The van der Waals surface area contributed by atoms with Crippen LogP contribution in [0.15, 0.2) is 10.6 Å². The number of nitrogens with zero attached hydrogens (tertiary/aromatic N) is 6. The second kappa shape index (κ2) is 5.86. The van der Waals surface area contributed by atoms with Crippen LogP contribution in [0.4, 0.5) is 0 Å². The van der Waals surface area contributed by atoms with Gasteiger partial charge >= 0.3 is 0 Å². The smallest absolute Gasteiger partial charge is 0.276 e. The molecule has 8 heteroatoms. The number of piperidine rings is 1. The third-order valence-electron chi connectivity index (χ3n) is 3.90. The van der Waals surface area contributed by atoms with Gasteiger partial charge in [-0.05, 0) is 12.8 Å². The molecule has 3 heterocycles. The molecule has 0 bridgehead atoms. The second-order valence-electron chi connectivity index (χ2n) is 5.98. The van der Waals surface area contributed by atoms with E-state index in [0.29, 0.717) is 30.6 Å². The highest BCUT2D eigenvalue weighted by molar-refractivity contribution is 5.91. The fraction of sp³-hybridized carbons (Fsp3) is 0.643. The monoisotopic (exact) mass is 304 g/mol. The lowest BCUT2D eigenvalue weighted by Gasteiger charge is -2.29. The molecule has 0 N–H and O–H groups in total. The third-order valence-corrected chi connectivity index (χ3v) is 3.90. The van der Waals surface area contributed by atoms with Crippen molar-refractivity contribution in [1.82, 2.24) is 30.1 Å². The Morgan fingerprint density at radius 2 is 2.00 bits per heavy atom. The van der Waals surface area contributed by atoms with E-state index in [0.717, 1.165) is 12.8 Å². The van der Waals surface area contributed by atoms with E-state index in [1.165, 1.54) is 4.68 Å². The lowest BCUT2D eigenvalue weighted by Crippen LogP contribution is -2.38. The van der Waals surface area contributed by atoms with Gasteiger partial charge in [-0.3, -0.25) is 9.48 Å². The summed E-state index contributed by atoms with van der Waals surface area (Å²) in [6.45, 7) is 5.39. The molecule has 2 aromatic rings. The lowest BCUT2D eigenvalue weighted by atomic mass is 9.96. The fourth-order valence-corrected chi connectivity index (χ4v) is 2.58. The first-order valence-electron chi connectivity index (χ1n) is 7.53. The molecule has 0 aliphatic carbocycles. The molecule has 118 valence electrons. The Balaban J connectivity index is 1.61. The van der Waals surface area contributed by atoms with Gasteiger partial charge in [0.05, 0.1) is 6.20 Å². The summed E-state index contributed by atoms with van der Waals surface area (Å²) < 4.78 is 7.25. The van der Waals surface area contributed by atoms with Crippen molar-refractivity contribution < 1.29 is 9.21 Å². The van der Waals surface area contributed by atoms with Gasteiger partial charge in [-0.25, -0.2) is 0 Å². The molecule has 22 heavy (non-hydrogen) atoms. The Morgan fingerprint density at radius 1 is 1.27 bits per heavy atom. The molecule has 3 rings (SSSR count). The summed E-state index contributed by atoms with van der Waals surface area (Å²) in [6.07, 6.45) is 3.29. The highest BCUT2D eigenvalue weighted by atomic mass is 16.4. The van der Waals surface area contributed by atoms with Crippen molar-refractivity contribution in [3.63, 3.8) is 0 Å². The summed E-state index contributed by atoms with van der Waals surface area (Å²) in [5.74, 6) is 1.76. The second-order valence-corrected chi connectivity index (χ2v) is 5.98. The molecule has 2 aromatic heterocycles. The summed E-state index contributed by atoms with van der Waals surface area (Å²) in [5, 5.41) is 15.9. The lowest BCUT2D eigenvalue weighted by molar-refractivity contribution is 0.0700. The van der Waals surface area contributed by atoms with Gasteiger partial charge in [0, 0.05) is 32.0 Å². The van der Waals surface area contributed by atoms with E-state index in [1.54, 1.807) is 18.1 Å². The van der Waals surface area contributed by atoms with Crippen LogP contribution in [0.5, 0.6) is 0 Å². The number of carbonyl (C=O) groups is 1. The Bertz CT molecular complexity index is 654. The molecule has 1 fully saturated rings. The number of amides is 1. The predicted molar refractivity (Wildman–Crippen MR) is 77.3 cm³/mol. The zero-order valence-corrected chi connectivity index (χ0v) is 13.1. The van der Waals surface area contributed by atoms with Crippen LogP contribution < -0.4 is 0 Å². The first kappa shape index (κ1) is 14.7. The van der Waals surface area contributed by atoms with Crippen LogP contribution in [0.3, 0.4) is 0 Å². The van der Waals surface area contributed by atoms with Gasteiger partial charge in [-0.2, -0.15) is 0 Å². The Labute approximate surface area is 128 Å². The Kier molecular flexibility index (Phi) is 3.91. The topological polar surface area (TPSA) is 89.9 Å². The molecule has 0 spiro atoms. The quantitative estimate of drug-likeness (QED) is 0.850. The number of aryl methyl sites for hydroxylation is 1. The first-order chi connectivity index (χ1) is 10.5. The van der Waals surface area contributed by atoms with E-state index in [1.807, 2.05) is 13.8 Å². The van der Waals surface area contributed by atoms with Crippen molar-refractivity contribution in [2.75, 3.05) is 13.1 Å². The average Bonchev–Trinajstić information content (AvgIpc) is 3.16. The summed E-state index contributed by atoms with van der Waals surface area (Å²) in [5.41, 5.74) is 0.390. The van der Waals surface area contributed by atoms with Crippen LogP contribution in [0.1, 0.15) is 60.8 Å². The van der Waals surface area contributed by atoms with E-state index in [4.69, 9.17) is 4.42 Å². The van der Waals surface area contributed by atoms with Gasteiger partial charge in [0.1, 0.15) is 0 Å². The zero-order chi connectivity index (χ0) is 15.7. The molecule has 0 atom stereocenters. The summed E-state index contributed by atoms with van der Waals surface area (Å²) in [6, 6.07) is 0. The minimum absolute atomic E-state index is 0.0695. The van der Waals surface area contributed by atoms with Crippen molar-refractivity contribution in [2.24, 2.45) is 7.05 Å². The normalized spacial score (nSPS) is 16.5. The zero-order valence-electron chi connectivity index (χ0n) is 13.1. The molecule has 0 radical (unpaired) electrons. The van der Waals surface area contributed by atoms with Gasteiger partial charge in [-0.15, -0.1) is 15.3 Å². The summed E-state index contributed by atoms with van der Waals surface area (Å²) in [7, 11) is 1.75. The minimum atomic E-state index is -0.0695. The average molecular weight is 304 g/mol. The van der Waals surface area contributed by atoms with E-state index in [9.17, 15) is 4.79 Å². The van der Waals surface area contributed by atoms with Gasteiger partial charge in [-0.1, -0.05) is 19.1 Å². The molecular formula is C14H20N6O2. The minimum Gasteiger partial charge on any atom is -0.425 e. The molecule has 0 aromatic carbocycles. The van der Waals surface area contributed by atoms with Crippen molar-refractivity contribution in [1.29, 1.82) is 0 Å². The van der Waals surface area contributed by atoms with Crippen LogP contribution in [0.2, 0.25) is 0 Å². The van der Waals surface area contributed by atoms with Gasteiger partial charge in [0.2, 0.25) is 11.8 Å². The highest BCUT2D eigenvalue weighted by Gasteiger charge is 2.29. The van der Waals surface area contributed by atoms with Crippen LogP contribution in [0.25, 0.3) is 0 Å². The highest BCUT2D eigenvalue weighted by Crippen LogP contribution is 2.28. The van der Waals surface area contributed by atoms with E-state index in [2.05, 4.69) is 20.5 Å². The fourth-order valence-electron chi connectivity index (χ4n) is 2.58. The molecule has 0 saturated carbocycles. The van der Waals surface area contributed by atoms with E-state index >= 15 is 0 Å². The number of hydrogen-bond donors (Lipinski definition) is 0. The number of likely N-dealkylation sites (tertiary alicyclic amines) is 1. The van der Waals surface area contributed by atoms with Crippen molar-refractivity contribution in [2.45, 2.75) is 38.5 Å². The molecule has 1 aliphatic rings. The number of aromatic nitrogens is 5. The Morgan fingerprint density at radius 3 is 2.55 bits per heavy atom. The van der Waals surface area contributed by atoms with Crippen LogP contribution in [0, 0.1) is 0 Å². The maximum atomic E-state index is 12.3. The molecule has 8 nitrogen and oxygen atoms in total.